The summed E-state index contributed by atoms with van der Waals surface area (Å²) in [6.07, 6.45) is 5.86. The number of rotatable bonds is 6. The number of H-pyrrole nitrogens is 1. The van der Waals surface area contributed by atoms with Crippen LogP contribution < -0.4 is 19.5 Å². The van der Waals surface area contributed by atoms with E-state index in [2.05, 4.69) is 15.5 Å². The molecule has 1 atom stereocenters. The second kappa shape index (κ2) is 9.54. The Morgan fingerprint density at radius 3 is 2.82 bits per heavy atom. The maximum Gasteiger partial charge on any atom is 0.231 e. The van der Waals surface area contributed by atoms with Crippen LogP contribution in [-0.4, -0.2) is 49.1 Å². The number of aromatic amines is 1. The number of amides is 1. The van der Waals surface area contributed by atoms with E-state index in [1.54, 1.807) is 13.3 Å². The van der Waals surface area contributed by atoms with Gasteiger partial charge >= 0.3 is 0 Å². The Hall–Kier alpha value is -3.52. The van der Waals surface area contributed by atoms with Gasteiger partial charge in [0.1, 0.15) is 30.0 Å². The van der Waals surface area contributed by atoms with Gasteiger partial charge in [0.15, 0.2) is 0 Å². The normalized spacial score (nSPS) is 18.2. The Morgan fingerprint density at radius 2 is 2.03 bits per heavy atom. The highest BCUT2D eigenvalue weighted by Crippen LogP contribution is 2.35. The highest BCUT2D eigenvalue weighted by atomic mass is 16.5. The van der Waals surface area contributed by atoms with Crippen molar-refractivity contribution in [2.75, 3.05) is 32.2 Å². The maximum absolute atomic E-state index is 13.2. The number of nitrogens with one attached hydrogen (secondary N) is 2. The number of hydrogen-bond donors (Lipinski definition) is 2. The van der Waals surface area contributed by atoms with Gasteiger partial charge in [0.2, 0.25) is 5.91 Å². The molecule has 3 heterocycles. The van der Waals surface area contributed by atoms with Crippen molar-refractivity contribution in [2.24, 2.45) is 5.92 Å². The molecule has 3 aromatic rings. The van der Waals surface area contributed by atoms with Crippen LogP contribution in [0.2, 0.25) is 0 Å². The van der Waals surface area contributed by atoms with E-state index in [1.165, 1.54) is 0 Å². The van der Waals surface area contributed by atoms with E-state index in [0.29, 0.717) is 37.7 Å². The number of fused-ring (bicyclic) bond motifs is 1. The van der Waals surface area contributed by atoms with Crippen LogP contribution in [0.4, 0.5) is 5.69 Å². The summed E-state index contributed by atoms with van der Waals surface area (Å²) in [5.74, 6) is 1.78. The maximum atomic E-state index is 13.2. The van der Waals surface area contributed by atoms with Gasteiger partial charge in [0, 0.05) is 24.6 Å². The Kier molecular flexibility index (Phi) is 6.17. The SMILES string of the molecule is COc1ccc2c(c1)C[C@H](C(=O)Nc1ccc(-c3cn[nH]c3)cc1OC1CCOCC1)CO2. The lowest BCUT2D eigenvalue weighted by Gasteiger charge is -2.27. The third kappa shape index (κ3) is 4.80. The van der Waals surface area contributed by atoms with E-state index in [9.17, 15) is 4.79 Å². The predicted molar refractivity (Wildman–Crippen MR) is 123 cm³/mol. The van der Waals surface area contributed by atoms with E-state index in [1.807, 2.05) is 42.6 Å². The van der Waals surface area contributed by atoms with Crippen LogP contribution in [0.15, 0.2) is 48.8 Å². The first-order chi connectivity index (χ1) is 16.2. The van der Waals surface area contributed by atoms with E-state index in [-0.39, 0.29) is 17.9 Å². The summed E-state index contributed by atoms with van der Waals surface area (Å²) in [5, 5.41) is 9.94. The van der Waals surface area contributed by atoms with E-state index in [0.717, 1.165) is 41.0 Å². The fourth-order valence-corrected chi connectivity index (χ4v) is 4.19. The van der Waals surface area contributed by atoms with Crippen molar-refractivity contribution in [3.63, 3.8) is 0 Å². The minimum absolute atomic E-state index is 0.0476. The molecular formula is C25H27N3O5. The molecule has 0 unspecified atom stereocenters. The van der Waals surface area contributed by atoms with Crippen LogP contribution >= 0.6 is 0 Å². The van der Waals surface area contributed by atoms with Gasteiger partial charge in [-0.25, -0.2) is 0 Å². The van der Waals surface area contributed by atoms with Gasteiger partial charge in [-0.15, -0.1) is 0 Å². The molecule has 2 N–H and O–H groups in total. The standard InChI is InChI=1S/C25H27N3O5/c1-30-21-3-5-23-17(11-21)10-18(15-32-23)25(29)28-22-4-2-16(19-13-26-27-14-19)12-24(22)33-20-6-8-31-9-7-20/h2-5,11-14,18,20H,6-10,15H2,1H3,(H,26,27)(H,28,29)/t18-/m0/s1. The zero-order valence-electron chi connectivity index (χ0n) is 18.5. The molecular weight excluding hydrogens is 422 g/mol. The van der Waals surface area contributed by atoms with Crippen LogP contribution in [0.25, 0.3) is 11.1 Å². The molecule has 8 heteroatoms. The Morgan fingerprint density at radius 1 is 1.15 bits per heavy atom. The highest BCUT2D eigenvalue weighted by Gasteiger charge is 2.27. The average Bonchev–Trinajstić information content (AvgIpc) is 3.40. The number of nitrogens with zero attached hydrogens (tertiary/aromatic N) is 1. The first-order valence-corrected chi connectivity index (χ1v) is 11.2. The smallest absolute Gasteiger partial charge is 0.231 e. The zero-order chi connectivity index (χ0) is 22.6. The molecule has 0 spiro atoms. The van der Waals surface area contributed by atoms with E-state index >= 15 is 0 Å². The second-order valence-corrected chi connectivity index (χ2v) is 8.30. The number of carbonyl (C=O) groups excluding carboxylic acids is 1. The number of aromatic nitrogens is 2. The molecule has 1 amide bonds. The number of ether oxygens (including phenoxy) is 4. The van der Waals surface area contributed by atoms with Crippen LogP contribution in [0.1, 0.15) is 18.4 Å². The quantitative estimate of drug-likeness (QED) is 0.594. The first-order valence-electron chi connectivity index (χ1n) is 11.2. The van der Waals surface area contributed by atoms with Crippen LogP contribution in [0, 0.1) is 5.92 Å². The Balaban J connectivity index is 1.35. The first kappa shape index (κ1) is 21.3. The summed E-state index contributed by atoms with van der Waals surface area (Å²) in [6.45, 7) is 1.68. The molecule has 8 nitrogen and oxygen atoms in total. The van der Waals surface area contributed by atoms with Crippen molar-refractivity contribution >= 4 is 11.6 Å². The highest BCUT2D eigenvalue weighted by molar-refractivity contribution is 5.95. The van der Waals surface area contributed by atoms with Crippen molar-refractivity contribution in [2.45, 2.75) is 25.4 Å². The summed E-state index contributed by atoms with van der Waals surface area (Å²) in [6, 6.07) is 11.5. The second-order valence-electron chi connectivity index (χ2n) is 8.30. The molecule has 1 fully saturated rings. The minimum atomic E-state index is -0.311. The fourth-order valence-electron chi connectivity index (χ4n) is 4.19. The number of anilines is 1. The molecule has 0 radical (unpaired) electrons. The number of hydrogen-bond acceptors (Lipinski definition) is 6. The van der Waals surface area contributed by atoms with Gasteiger partial charge in [-0.3, -0.25) is 9.89 Å². The topological polar surface area (TPSA) is 94.7 Å². The van der Waals surface area contributed by atoms with Crippen LogP contribution in [0.3, 0.4) is 0 Å². The third-order valence-corrected chi connectivity index (χ3v) is 6.08. The zero-order valence-corrected chi connectivity index (χ0v) is 18.5. The minimum Gasteiger partial charge on any atom is -0.497 e. The average molecular weight is 450 g/mol. The summed E-state index contributed by atoms with van der Waals surface area (Å²) in [5.41, 5.74) is 3.53. The molecule has 2 aliphatic heterocycles. The number of benzene rings is 2. The lowest BCUT2D eigenvalue weighted by molar-refractivity contribution is -0.121. The van der Waals surface area contributed by atoms with Crippen molar-refractivity contribution in [3.05, 3.63) is 54.4 Å². The number of methoxy groups -OCH3 is 1. The molecule has 33 heavy (non-hydrogen) atoms. The predicted octanol–water partition coefficient (Wildman–Crippen LogP) is 3.83. The van der Waals surface area contributed by atoms with Gasteiger partial charge in [0.05, 0.1) is 38.1 Å². The Labute approximate surface area is 192 Å². The molecule has 5 rings (SSSR count). The molecule has 2 aromatic carbocycles. The van der Waals surface area contributed by atoms with Crippen LogP contribution in [0.5, 0.6) is 17.2 Å². The van der Waals surface area contributed by atoms with Crippen LogP contribution in [-0.2, 0) is 16.0 Å². The van der Waals surface area contributed by atoms with Gasteiger partial charge in [0.25, 0.3) is 0 Å². The monoisotopic (exact) mass is 449 g/mol. The molecule has 2 aliphatic rings. The molecule has 1 aromatic heterocycles. The van der Waals surface area contributed by atoms with Gasteiger partial charge in [-0.1, -0.05) is 6.07 Å². The van der Waals surface area contributed by atoms with E-state index < -0.39 is 0 Å². The molecule has 0 saturated carbocycles. The molecule has 0 aliphatic carbocycles. The van der Waals surface area contributed by atoms with Crippen molar-refractivity contribution in [1.82, 2.24) is 10.2 Å². The number of carbonyl (C=O) groups is 1. The van der Waals surface area contributed by atoms with Crippen molar-refractivity contribution in [1.29, 1.82) is 0 Å². The third-order valence-electron chi connectivity index (χ3n) is 6.08. The molecule has 0 bridgehead atoms. The molecule has 1 saturated heterocycles. The fraction of sp³-hybridized carbons (Fsp3) is 0.360. The lowest BCUT2D eigenvalue weighted by atomic mass is 9.95. The molecule has 172 valence electrons. The van der Waals surface area contributed by atoms with Gasteiger partial charge < -0.3 is 24.3 Å². The lowest BCUT2D eigenvalue weighted by Crippen LogP contribution is -2.33. The largest absolute Gasteiger partial charge is 0.497 e. The van der Waals surface area contributed by atoms with E-state index in [4.69, 9.17) is 18.9 Å². The van der Waals surface area contributed by atoms with Crippen molar-refractivity contribution in [3.8, 4) is 28.4 Å². The summed E-state index contributed by atoms with van der Waals surface area (Å²) < 4.78 is 22.9. The van der Waals surface area contributed by atoms with Gasteiger partial charge in [-0.05, 0) is 47.9 Å². The summed E-state index contributed by atoms with van der Waals surface area (Å²) in [7, 11) is 1.63. The summed E-state index contributed by atoms with van der Waals surface area (Å²) in [4.78, 5) is 13.2. The van der Waals surface area contributed by atoms with Crippen molar-refractivity contribution < 1.29 is 23.7 Å². The van der Waals surface area contributed by atoms with Gasteiger partial charge in [-0.2, -0.15) is 5.10 Å². The summed E-state index contributed by atoms with van der Waals surface area (Å²) >= 11 is 0. The Bertz CT molecular complexity index is 1110.